The molecule has 0 bridgehead atoms. The van der Waals surface area contributed by atoms with E-state index in [1.54, 1.807) is 28.9 Å². The van der Waals surface area contributed by atoms with Crippen LogP contribution in [0.15, 0.2) is 48.9 Å². The van der Waals surface area contributed by atoms with Crippen molar-refractivity contribution in [3.8, 4) is 0 Å². The SMILES string of the molecule is O=C(c1cn2cccnc2n1)N1C[C@@H](c2cccc(F)c2)[C@@H]2NCCCCC[C@H]21. The highest BCUT2D eigenvalue weighted by Gasteiger charge is 2.45. The molecule has 0 radical (unpaired) electrons. The predicted molar refractivity (Wildman–Crippen MR) is 107 cm³/mol. The lowest BCUT2D eigenvalue weighted by Crippen LogP contribution is -2.47. The van der Waals surface area contributed by atoms with Crippen LogP contribution < -0.4 is 5.32 Å². The monoisotopic (exact) mass is 393 g/mol. The van der Waals surface area contributed by atoms with Gasteiger partial charge < -0.3 is 10.2 Å². The lowest BCUT2D eigenvalue weighted by atomic mass is 9.88. The number of nitrogens with one attached hydrogen (secondary N) is 1. The van der Waals surface area contributed by atoms with Crippen molar-refractivity contribution in [1.82, 2.24) is 24.6 Å². The van der Waals surface area contributed by atoms with Crippen molar-refractivity contribution in [2.75, 3.05) is 13.1 Å². The maximum atomic E-state index is 13.9. The Hall–Kier alpha value is -2.80. The highest BCUT2D eigenvalue weighted by molar-refractivity contribution is 5.93. The van der Waals surface area contributed by atoms with Crippen LogP contribution in [-0.2, 0) is 0 Å². The summed E-state index contributed by atoms with van der Waals surface area (Å²) in [6.07, 6.45) is 9.57. The first-order valence-electron chi connectivity index (χ1n) is 10.3. The van der Waals surface area contributed by atoms with Crippen LogP contribution in [0.3, 0.4) is 0 Å². The van der Waals surface area contributed by atoms with Crippen molar-refractivity contribution in [2.24, 2.45) is 0 Å². The Morgan fingerprint density at radius 3 is 3.00 bits per heavy atom. The number of benzene rings is 1. The van der Waals surface area contributed by atoms with Crippen molar-refractivity contribution in [2.45, 2.75) is 43.7 Å². The molecular formula is C22H24FN5O. The number of imidazole rings is 1. The molecule has 2 aromatic heterocycles. The zero-order chi connectivity index (χ0) is 19.8. The molecule has 5 rings (SSSR count). The van der Waals surface area contributed by atoms with E-state index in [9.17, 15) is 9.18 Å². The van der Waals surface area contributed by atoms with Crippen LogP contribution in [0.1, 0.15) is 47.7 Å². The van der Waals surface area contributed by atoms with Crippen molar-refractivity contribution >= 4 is 11.7 Å². The molecule has 1 aromatic carbocycles. The van der Waals surface area contributed by atoms with Crippen molar-refractivity contribution < 1.29 is 9.18 Å². The van der Waals surface area contributed by atoms with Crippen LogP contribution in [0.25, 0.3) is 5.78 Å². The van der Waals surface area contributed by atoms with E-state index in [4.69, 9.17) is 0 Å². The molecule has 7 heteroatoms. The fourth-order valence-electron chi connectivity index (χ4n) is 4.82. The number of carbonyl (C=O) groups excluding carboxylic acids is 1. The summed E-state index contributed by atoms with van der Waals surface area (Å²) >= 11 is 0. The van der Waals surface area contributed by atoms with Gasteiger partial charge in [0, 0.05) is 43.1 Å². The molecule has 2 saturated heterocycles. The second-order valence-corrected chi connectivity index (χ2v) is 7.97. The molecule has 29 heavy (non-hydrogen) atoms. The molecular weight excluding hydrogens is 369 g/mol. The normalized spacial score (nSPS) is 24.9. The van der Waals surface area contributed by atoms with E-state index < -0.39 is 0 Å². The quantitative estimate of drug-likeness (QED) is 0.727. The van der Waals surface area contributed by atoms with Gasteiger partial charge in [0.05, 0.1) is 0 Å². The van der Waals surface area contributed by atoms with Gasteiger partial charge in [-0.1, -0.05) is 25.0 Å². The van der Waals surface area contributed by atoms with Gasteiger partial charge in [-0.3, -0.25) is 9.20 Å². The van der Waals surface area contributed by atoms with E-state index in [1.165, 1.54) is 6.07 Å². The van der Waals surface area contributed by atoms with E-state index in [1.807, 2.05) is 23.2 Å². The van der Waals surface area contributed by atoms with Crippen LogP contribution in [-0.4, -0.2) is 50.3 Å². The summed E-state index contributed by atoms with van der Waals surface area (Å²) < 4.78 is 15.7. The third-order valence-electron chi connectivity index (χ3n) is 6.19. The minimum atomic E-state index is -0.235. The number of hydrogen-bond acceptors (Lipinski definition) is 4. The van der Waals surface area contributed by atoms with Gasteiger partial charge in [-0.15, -0.1) is 0 Å². The summed E-state index contributed by atoms with van der Waals surface area (Å²) in [5.41, 5.74) is 1.35. The number of rotatable bonds is 2. The zero-order valence-electron chi connectivity index (χ0n) is 16.2. The van der Waals surface area contributed by atoms with Crippen LogP contribution >= 0.6 is 0 Å². The molecule has 2 aliphatic heterocycles. The summed E-state index contributed by atoms with van der Waals surface area (Å²) in [6.45, 7) is 1.49. The first kappa shape index (κ1) is 18.2. The number of likely N-dealkylation sites (tertiary alicyclic amines) is 1. The Labute approximate surface area is 168 Å². The average molecular weight is 393 g/mol. The summed E-state index contributed by atoms with van der Waals surface area (Å²) in [5, 5.41) is 3.66. The van der Waals surface area contributed by atoms with Gasteiger partial charge in [-0.2, -0.15) is 0 Å². The Bertz CT molecular complexity index is 1000. The first-order valence-corrected chi connectivity index (χ1v) is 10.3. The molecule has 3 aromatic rings. The molecule has 0 aliphatic carbocycles. The third kappa shape index (κ3) is 3.40. The number of nitrogens with zero attached hydrogens (tertiary/aromatic N) is 4. The molecule has 150 valence electrons. The van der Waals surface area contributed by atoms with Gasteiger partial charge in [0.1, 0.15) is 11.5 Å². The fourth-order valence-corrected chi connectivity index (χ4v) is 4.82. The summed E-state index contributed by atoms with van der Waals surface area (Å²) in [4.78, 5) is 24.0. The van der Waals surface area contributed by atoms with E-state index in [2.05, 4.69) is 15.3 Å². The first-order chi connectivity index (χ1) is 14.2. The largest absolute Gasteiger partial charge is 0.332 e. The second kappa shape index (κ2) is 7.55. The molecule has 0 unspecified atom stereocenters. The van der Waals surface area contributed by atoms with Gasteiger partial charge in [-0.05, 0) is 43.1 Å². The van der Waals surface area contributed by atoms with Gasteiger partial charge in [0.15, 0.2) is 0 Å². The zero-order valence-corrected chi connectivity index (χ0v) is 16.2. The van der Waals surface area contributed by atoms with Crippen LogP contribution in [0.4, 0.5) is 4.39 Å². The number of aromatic nitrogens is 3. The van der Waals surface area contributed by atoms with Crippen LogP contribution in [0.5, 0.6) is 0 Å². The summed E-state index contributed by atoms with van der Waals surface area (Å²) in [6, 6.07) is 8.80. The van der Waals surface area contributed by atoms with Gasteiger partial charge in [0.25, 0.3) is 5.91 Å². The van der Waals surface area contributed by atoms with Crippen LogP contribution in [0.2, 0.25) is 0 Å². The van der Waals surface area contributed by atoms with Crippen molar-refractivity contribution in [3.05, 3.63) is 66.0 Å². The maximum absolute atomic E-state index is 13.9. The topological polar surface area (TPSA) is 62.5 Å². The minimum Gasteiger partial charge on any atom is -0.332 e. The molecule has 2 aliphatic rings. The number of halogens is 1. The molecule has 0 saturated carbocycles. The summed E-state index contributed by atoms with van der Waals surface area (Å²) in [5.74, 6) is 0.268. The van der Waals surface area contributed by atoms with E-state index >= 15 is 0 Å². The smallest absolute Gasteiger partial charge is 0.274 e. The summed E-state index contributed by atoms with van der Waals surface area (Å²) in [7, 11) is 0. The molecule has 1 N–H and O–H groups in total. The van der Waals surface area contributed by atoms with Crippen molar-refractivity contribution in [3.63, 3.8) is 0 Å². The molecule has 2 fully saturated rings. The molecule has 1 amide bonds. The van der Waals surface area contributed by atoms with E-state index in [-0.39, 0.29) is 29.7 Å². The highest BCUT2D eigenvalue weighted by Crippen LogP contribution is 2.36. The standard InChI is InChI=1S/C22H24FN5O/c23-16-7-4-6-15(12-16)17-13-28(19-8-2-1-3-9-24-20(17)19)21(29)18-14-27-11-5-10-25-22(27)26-18/h4-7,10-12,14,17,19-20,24H,1-3,8-9,13H2/t17-,19+,20-/m0/s1. The fraction of sp³-hybridized carbons (Fsp3) is 0.409. The molecule has 3 atom stereocenters. The second-order valence-electron chi connectivity index (χ2n) is 7.97. The van der Waals surface area contributed by atoms with E-state index in [0.717, 1.165) is 37.8 Å². The minimum absolute atomic E-state index is 0.0629. The number of carbonyl (C=O) groups is 1. The Morgan fingerprint density at radius 2 is 2.14 bits per heavy atom. The third-order valence-corrected chi connectivity index (χ3v) is 6.19. The number of fused-ring (bicyclic) bond motifs is 2. The van der Waals surface area contributed by atoms with Gasteiger partial charge >= 0.3 is 0 Å². The highest BCUT2D eigenvalue weighted by atomic mass is 19.1. The number of amides is 1. The van der Waals surface area contributed by atoms with Crippen molar-refractivity contribution in [1.29, 1.82) is 0 Å². The molecule has 0 spiro atoms. The Kier molecular flexibility index (Phi) is 4.75. The predicted octanol–water partition coefficient (Wildman–Crippen LogP) is 3.01. The molecule has 4 heterocycles. The molecule has 6 nitrogen and oxygen atoms in total. The lowest BCUT2D eigenvalue weighted by Gasteiger charge is -2.31. The lowest BCUT2D eigenvalue weighted by molar-refractivity contribution is 0.0707. The average Bonchev–Trinajstić information content (AvgIpc) is 3.28. The Morgan fingerprint density at radius 1 is 1.21 bits per heavy atom. The maximum Gasteiger partial charge on any atom is 0.274 e. The van der Waals surface area contributed by atoms with Gasteiger partial charge in [-0.25, -0.2) is 14.4 Å². The number of hydrogen-bond donors (Lipinski definition) is 1. The van der Waals surface area contributed by atoms with E-state index in [0.29, 0.717) is 18.0 Å². The Balaban J connectivity index is 1.50. The van der Waals surface area contributed by atoms with Crippen LogP contribution in [0, 0.1) is 5.82 Å². The van der Waals surface area contributed by atoms with Gasteiger partial charge in [0.2, 0.25) is 5.78 Å².